The van der Waals surface area contributed by atoms with Crippen molar-refractivity contribution < 1.29 is 13.9 Å². The predicted octanol–water partition coefficient (Wildman–Crippen LogP) is 1.55. The van der Waals surface area contributed by atoms with Gasteiger partial charge in [0.1, 0.15) is 5.56 Å². The van der Waals surface area contributed by atoms with Crippen LogP contribution in [0.5, 0.6) is 5.75 Å². The van der Waals surface area contributed by atoms with Crippen LogP contribution < -0.4 is 15.7 Å². The Morgan fingerprint density at radius 3 is 2.89 bits per heavy atom. The largest absolute Gasteiger partial charge is 0.490 e. The molecule has 0 atom stereocenters. The first-order valence-corrected chi connectivity index (χ1v) is 5.59. The summed E-state index contributed by atoms with van der Waals surface area (Å²) in [5, 5.41) is 3.05. The molecule has 1 heterocycles. The van der Waals surface area contributed by atoms with Crippen LogP contribution in [-0.4, -0.2) is 19.6 Å². The second-order valence-corrected chi connectivity index (χ2v) is 3.63. The molecule has 5 heteroatoms. The van der Waals surface area contributed by atoms with Crippen molar-refractivity contribution >= 4 is 16.9 Å². The highest BCUT2D eigenvalue weighted by Gasteiger charge is 2.14. The molecule has 0 radical (unpaired) electrons. The molecule has 0 unspecified atom stereocenters. The molecule has 94 valence electrons. The van der Waals surface area contributed by atoms with Crippen LogP contribution in [0.2, 0.25) is 0 Å². The molecule has 0 saturated heterocycles. The van der Waals surface area contributed by atoms with Crippen LogP contribution in [-0.2, 0) is 0 Å². The summed E-state index contributed by atoms with van der Waals surface area (Å²) in [5.41, 5.74) is -0.329. The molecule has 0 bridgehead atoms. The van der Waals surface area contributed by atoms with Gasteiger partial charge in [-0.15, -0.1) is 0 Å². The molecule has 0 aliphatic heterocycles. The Kier molecular flexibility index (Phi) is 3.32. The number of fused-ring (bicyclic) bond motifs is 1. The Balaban J connectivity index is 2.67. The van der Waals surface area contributed by atoms with Gasteiger partial charge in [0, 0.05) is 12.4 Å². The highest BCUT2D eigenvalue weighted by atomic mass is 16.5. The molecule has 1 amide bonds. The van der Waals surface area contributed by atoms with Crippen molar-refractivity contribution in [2.24, 2.45) is 0 Å². The number of ether oxygens (including phenoxy) is 1. The Morgan fingerprint density at radius 1 is 1.44 bits per heavy atom. The first-order valence-electron chi connectivity index (χ1n) is 5.59. The van der Waals surface area contributed by atoms with E-state index in [0.29, 0.717) is 23.3 Å². The summed E-state index contributed by atoms with van der Waals surface area (Å²) in [7, 11) is 1.46. The van der Waals surface area contributed by atoms with Crippen LogP contribution in [0.3, 0.4) is 0 Å². The fourth-order valence-electron chi connectivity index (χ4n) is 1.68. The smallest absolute Gasteiger partial charge is 0.349 e. The average molecular weight is 247 g/mol. The summed E-state index contributed by atoms with van der Waals surface area (Å²) in [4.78, 5) is 23.2. The molecule has 2 rings (SSSR count). The van der Waals surface area contributed by atoms with Crippen LogP contribution in [0.1, 0.15) is 17.3 Å². The van der Waals surface area contributed by atoms with E-state index >= 15 is 0 Å². The van der Waals surface area contributed by atoms with Gasteiger partial charge in [0.05, 0.1) is 6.61 Å². The van der Waals surface area contributed by atoms with Crippen molar-refractivity contribution in [1.29, 1.82) is 0 Å². The molecule has 2 aromatic rings. The summed E-state index contributed by atoms with van der Waals surface area (Å²) in [5.74, 6) is 0.0306. The number of hydrogen-bond donors (Lipinski definition) is 1. The summed E-state index contributed by atoms with van der Waals surface area (Å²) < 4.78 is 10.5. The minimum atomic E-state index is -0.672. The summed E-state index contributed by atoms with van der Waals surface area (Å²) in [6.45, 7) is 2.32. The monoisotopic (exact) mass is 247 g/mol. The molecule has 5 nitrogen and oxygen atoms in total. The molecule has 0 aliphatic rings. The van der Waals surface area contributed by atoms with Crippen LogP contribution in [0.25, 0.3) is 11.0 Å². The van der Waals surface area contributed by atoms with Crippen molar-refractivity contribution in [1.82, 2.24) is 5.32 Å². The van der Waals surface area contributed by atoms with E-state index in [0.717, 1.165) is 0 Å². The molecule has 0 spiro atoms. The molecular formula is C13H13NO4. The standard InChI is InChI=1S/C13H13NO4/c1-3-17-10-6-4-5-8-7-9(12(15)14-2)13(16)18-11(8)10/h4-7H,3H2,1-2H3,(H,14,15). The number of nitrogens with one attached hydrogen (secondary N) is 1. The topological polar surface area (TPSA) is 68.5 Å². The van der Waals surface area contributed by atoms with E-state index in [9.17, 15) is 9.59 Å². The summed E-state index contributed by atoms with van der Waals surface area (Å²) in [6.07, 6.45) is 0. The Morgan fingerprint density at radius 2 is 2.22 bits per heavy atom. The second kappa shape index (κ2) is 4.91. The number of rotatable bonds is 3. The third-order valence-corrected chi connectivity index (χ3v) is 2.50. The lowest BCUT2D eigenvalue weighted by Gasteiger charge is -2.06. The van der Waals surface area contributed by atoms with E-state index in [1.165, 1.54) is 13.1 Å². The first-order chi connectivity index (χ1) is 8.67. The maximum Gasteiger partial charge on any atom is 0.349 e. The van der Waals surface area contributed by atoms with E-state index in [1.54, 1.807) is 18.2 Å². The highest BCUT2D eigenvalue weighted by Crippen LogP contribution is 2.24. The number of amides is 1. The molecule has 1 aromatic heterocycles. The molecular weight excluding hydrogens is 234 g/mol. The zero-order valence-electron chi connectivity index (χ0n) is 10.1. The van der Waals surface area contributed by atoms with Crippen LogP contribution in [0, 0.1) is 0 Å². The van der Waals surface area contributed by atoms with E-state index in [2.05, 4.69) is 5.32 Å². The van der Waals surface area contributed by atoms with E-state index in [-0.39, 0.29) is 5.56 Å². The van der Waals surface area contributed by atoms with Gasteiger partial charge in [-0.1, -0.05) is 12.1 Å². The number of para-hydroxylation sites is 1. The van der Waals surface area contributed by atoms with Crippen molar-refractivity contribution in [2.75, 3.05) is 13.7 Å². The van der Waals surface area contributed by atoms with Crippen molar-refractivity contribution in [3.05, 3.63) is 40.2 Å². The lowest BCUT2D eigenvalue weighted by atomic mass is 10.1. The van der Waals surface area contributed by atoms with Crippen LogP contribution >= 0.6 is 0 Å². The van der Waals surface area contributed by atoms with E-state index in [1.807, 2.05) is 6.92 Å². The Hall–Kier alpha value is -2.30. The lowest BCUT2D eigenvalue weighted by molar-refractivity contribution is 0.0959. The van der Waals surface area contributed by atoms with Gasteiger partial charge in [-0.3, -0.25) is 4.79 Å². The van der Waals surface area contributed by atoms with Crippen LogP contribution in [0.4, 0.5) is 0 Å². The van der Waals surface area contributed by atoms with Gasteiger partial charge in [-0.2, -0.15) is 0 Å². The summed E-state index contributed by atoms with van der Waals surface area (Å²) >= 11 is 0. The highest BCUT2D eigenvalue weighted by molar-refractivity contribution is 5.97. The quantitative estimate of drug-likeness (QED) is 0.835. The minimum absolute atomic E-state index is 0.0151. The third kappa shape index (κ3) is 2.07. The third-order valence-electron chi connectivity index (χ3n) is 2.50. The SMILES string of the molecule is CCOc1cccc2cc(C(=O)NC)c(=O)oc12. The lowest BCUT2D eigenvalue weighted by Crippen LogP contribution is -2.24. The zero-order valence-corrected chi connectivity index (χ0v) is 10.1. The molecule has 0 aliphatic carbocycles. The molecule has 1 aromatic carbocycles. The number of carbonyl (C=O) groups is 1. The number of carbonyl (C=O) groups excluding carboxylic acids is 1. The van der Waals surface area contributed by atoms with Gasteiger partial charge in [-0.25, -0.2) is 4.79 Å². The predicted molar refractivity (Wildman–Crippen MR) is 67.0 cm³/mol. The normalized spacial score (nSPS) is 10.3. The average Bonchev–Trinajstić information content (AvgIpc) is 2.38. The number of benzene rings is 1. The Bertz CT molecular complexity index is 645. The molecule has 0 saturated carbocycles. The van der Waals surface area contributed by atoms with Crippen LogP contribution in [0.15, 0.2) is 33.5 Å². The zero-order chi connectivity index (χ0) is 13.1. The maximum atomic E-state index is 11.7. The van der Waals surface area contributed by atoms with Gasteiger partial charge in [0.15, 0.2) is 11.3 Å². The summed E-state index contributed by atoms with van der Waals surface area (Å²) in [6, 6.07) is 6.76. The van der Waals surface area contributed by atoms with Crippen molar-refractivity contribution in [2.45, 2.75) is 6.92 Å². The molecule has 1 N–H and O–H groups in total. The fraction of sp³-hybridized carbons (Fsp3) is 0.231. The van der Waals surface area contributed by atoms with Gasteiger partial charge >= 0.3 is 5.63 Å². The molecule has 0 fully saturated rings. The van der Waals surface area contributed by atoms with Gasteiger partial charge in [0.2, 0.25) is 0 Å². The van der Waals surface area contributed by atoms with Crippen molar-refractivity contribution in [3.63, 3.8) is 0 Å². The molecule has 18 heavy (non-hydrogen) atoms. The van der Waals surface area contributed by atoms with Gasteiger partial charge in [0.25, 0.3) is 5.91 Å². The first kappa shape index (κ1) is 12.2. The Labute approximate surface area is 103 Å². The van der Waals surface area contributed by atoms with Crippen molar-refractivity contribution in [3.8, 4) is 5.75 Å². The van der Waals surface area contributed by atoms with E-state index in [4.69, 9.17) is 9.15 Å². The fourth-order valence-corrected chi connectivity index (χ4v) is 1.68. The van der Waals surface area contributed by atoms with Gasteiger partial charge in [-0.05, 0) is 19.1 Å². The maximum absolute atomic E-state index is 11.7. The minimum Gasteiger partial charge on any atom is -0.490 e. The second-order valence-electron chi connectivity index (χ2n) is 3.63. The van der Waals surface area contributed by atoms with Gasteiger partial charge < -0.3 is 14.5 Å². The number of hydrogen-bond acceptors (Lipinski definition) is 4. The van der Waals surface area contributed by atoms with E-state index < -0.39 is 11.5 Å².